The number of hydrogen-bond donors (Lipinski definition) is 3. The zero-order valence-electron chi connectivity index (χ0n) is 9.03. The highest BCUT2D eigenvalue weighted by Gasteiger charge is 2.04. The van der Waals surface area contributed by atoms with Crippen molar-refractivity contribution in [2.45, 2.75) is 25.3 Å². The van der Waals surface area contributed by atoms with E-state index in [1.807, 2.05) is 0 Å². The highest BCUT2D eigenvalue weighted by atomic mass is 32.2. The van der Waals surface area contributed by atoms with Crippen LogP contribution in [0.25, 0.3) is 0 Å². The summed E-state index contributed by atoms with van der Waals surface area (Å²) in [6.45, 7) is 4.38. The number of hydrazine groups is 1. The summed E-state index contributed by atoms with van der Waals surface area (Å²) < 4.78 is 0. The Hall–Kier alpha value is -1.01. The lowest BCUT2D eigenvalue weighted by Crippen LogP contribution is -2.10. The van der Waals surface area contributed by atoms with Crippen LogP contribution in [0.1, 0.15) is 20.3 Å². The Balaban J connectivity index is 2.64. The van der Waals surface area contributed by atoms with Gasteiger partial charge in [0.2, 0.25) is 5.95 Å². The molecule has 1 rings (SSSR count). The summed E-state index contributed by atoms with van der Waals surface area (Å²) in [5, 5.41) is 0.857. The van der Waals surface area contributed by atoms with Gasteiger partial charge in [-0.2, -0.15) is 4.98 Å². The van der Waals surface area contributed by atoms with Gasteiger partial charge in [-0.05, 0) is 5.92 Å². The van der Waals surface area contributed by atoms with Crippen LogP contribution in [-0.2, 0) is 0 Å². The maximum atomic E-state index is 5.54. The molecule has 1 unspecified atom stereocenters. The van der Waals surface area contributed by atoms with E-state index in [0.717, 1.165) is 17.2 Å². The van der Waals surface area contributed by atoms with Crippen LogP contribution in [0.2, 0.25) is 0 Å². The van der Waals surface area contributed by atoms with Crippen molar-refractivity contribution in [2.24, 2.45) is 11.8 Å². The molecule has 5 N–H and O–H groups in total. The third-order valence-corrected chi connectivity index (χ3v) is 3.32. The molecule has 0 aliphatic rings. The largest absolute Gasteiger partial charge is 0.368 e. The van der Waals surface area contributed by atoms with Crippen LogP contribution >= 0.6 is 11.8 Å². The quantitative estimate of drug-likeness (QED) is 0.305. The number of nitrogen functional groups attached to an aromatic ring is 2. The molecule has 0 aliphatic heterocycles. The predicted octanol–water partition coefficient (Wildman–Crippen LogP) is 1.48. The van der Waals surface area contributed by atoms with Gasteiger partial charge in [0.25, 0.3) is 0 Å². The molecule has 0 aromatic carbocycles. The van der Waals surface area contributed by atoms with Gasteiger partial charge in [-0.25, -0.2) is 10.8 Å². The zero-order valence-corrected chi connectivity index (χ0v) is 9.84. The molecule has 0 saturated heterocycles. The van der Waals surface area contributed by atoms with Crippen molar-refractivity contribution in [1.29, 1.82) is 0 Å². The second-order valence-electron chi connectivity index (χ2n) is 3.42. The van der Waals surface area contributed by atoms with E-state index in [2.05, 4.69) is 29.2 Å². The smallest absolute Gasteiger partial charge is 0.223 e. The van der Waals surface area contributed by atoms with Gasteiger partial charge in [-0.3, -0.25) is 0 Å². The first kappa shape index (κ1) is 12.1. The van der Waals surface area contributed by atoms with Gasteiger partial charge < -0.3 is 11.2 Å². The van der Waals surface area contributed by atoms with Crippen LogP contribution in [0.5, 0.6) is 0 Å². The summed E-state index contributed by atoms with van der Waals surface area (Å²) in [7, 11) is 0. The van der Waals surface area contributed by atoms with E-state index >= 15 is 0 Å². The van der Waals surface area contributed by atoms with Crippen molar-refractivity contribution in [3.63, 3.8) is 0 Å². The summed E-state index contributed by atoms with van der Waals surface area (Å²) in [6.07, 6.45) is 1.16. The molecule has 1 atom stereocenters. The number of thioether (sulfide) groups is 1. The standard InChI is InChI=1S/C9H17N5S/c1-3-6(2)5-15-8-4-7(14-11)12-9(10)13-8/h4,6H,3,5,11H2,1-2H3,(H3,10,12,13,14). The number of nitrogens with zero attached hydrogens (tertiary/aromatic N) is 2. The maximum Gasteiger partial charge on any atom is 0.223 e. The third-order valence-electron chi connectivity index (χ3n) is 2.08. The lowest BCUT2D eigenvalue weighted by atomic mass is 10.2. The van der Waals surface area contributed by atoms with Crippen LogP contribution in [0.4, 0.5) is 11.8 Å². The number of rotatable bonds is 5. The minimum Gasteiger partial charge on any atom is -0.368 e. The Kier molecular flexibility index (Phi) is 4.64. The van der Waals surface area contributed by atoms with Gasteiger partial charge in [0, 0.05) is 11.8 Å². The minimum absolute atomic E-state index is 0.247. The lowest BCUT2D eigenvalue weighted by Gasteiger charge is -2.08. The molecule has 84 valence electrons. The monoisotopic (exact) mass is 227 g/mol. The summed E-state index contributed by atoms with van der Waals surface area (Å²) in [6, 6.07) is 1.80. The molecule has 0 spiro atoms. The van der Waals surface area contributed by atoms with Crippen molar-refractivity contribution in [1.82, 2.24) is 9.97 Å². The van der Waals surface area contributed by atoms with E-state index in [4.69, 9.17) is 11.6 Å². The van der Waals surface area contributed by atoms with Crippen molar-refractivity contribution in [3.8, 4) is 0 Å². The summed E-state index contributed by atoms with van der Waals surface area (Å²) in [4.78, 5) is 8.04. The highest BCUT2D eigenvalue weighted by Crippen LogP contribution is 2.22. The molecule has 1 aromatic heterocycles. The fourth-order valence-corrected chi connectivity index (χ4v) is 1.98. The first-order chi connectivity index (χ1) is 7.15. The Morgan fingerprint density at radius 1 is 1.53 bits per heavy atom. The van der Waals surface area contributed by atoms with Crippen molar-refractivity contribution in [3.05, 3.63) is 6.07 Å². The van der Waals surface area contributed by atoms with E-state index in [0.29, 0.717) is 11.7 Å². The third kappa shape index (κ3) is 3.93. The van der Waals surface area contributed by atoms with Crippen LogP contribution in [0.3, 0.4) is 0 Å². The maximum absolute atomic E-state index is 5.54. The molecule has 0 fully saturated rings. The molecule has 0 saturated carbocycles. The van der Waals surface area contributed by atoms with Gasteiger partial charge in [-0.15, -0.1) is 11.8 Å². The van der Waals surface area contributed by atoms with Crippen molar-refractivity contribution >= 4 is 23.5 Å². The Morgan fingerprint density at radius 2 is 2.27 bits per heavy atom. The predicted molar refractivity (Wildman–Crippen MR) is 64.4 cm³/mol. The number of nitrogens with one attached hydrogen (secondary N) is 1. The normalized spacial score (nSPS) is 12.5. The van der Waals surface area contributed by atoms with E-state index in [1.54, 1.807) is 17.8 Å². The molecule has 1 aromatic rings. The Morgan fingerprint density at radius 3 is 2.87 bits per heavy atom. The molecule has 15 heavy (non-hydrogen) atoms. The van der Waals surface area contributed by atoms with Crippen LogP contribution in [-0.4, -0.2) is 15.7 Å². The molecular formula is C9H17N5S. The van der Waals surface area contributed by atoms with Gasteiger partial charge in [0.05, 0.1) is 0 Å². The molecule has 0 radical (unpaired) electrons. The number of aromatic nitrogens is 2. The first-order valence-electron chi connectivity index (χ1n) is 4.89. The number of nitrogens with two attached hydrogens (primary N) is 2. The first-order valence-corrected chi connectivity index (χ1v) is 5.88. The van der Waals surface area contributed by atoms with E-state index in [1.165, 1.54) is 0 Å². The van der Waals surface area contributed by atoms with Gasteiger partial charge >= 0.3 is 0 Å². The average molecular weight is 227 g/mol. The van der Waals surface area contributed by atoms with E-state index in [-0.39, 0.29) is 5.95 Å². The molecular weight excluding hydrogens is 210 g/mol. The van der Waals surface area contributed by atoms with E-state index in [9.17, 15) is 0 Å². The molecule has 0 amide bonds. The van der Waals surface area contributed by atoms with Crippen LogP contribution in [0.15, 0.2) is 11.1 Å². The SMILES string of the molecule is CCC(C)CSc1cc(NN)nc(N)n1. The Bertz CT molecular complexity index is 317. The molecule has 1 heterocycles. The fourth-order valence-electron chi connectivity index (χ4n) is 0.936. The topological polar surface area (TPSA) is 89.8 Å². The summed E-state index contributed by atoms with van der Waals surface area (Å²) in [5.41, 5.74) is 8.01. The second-order valence-corrected chi connectivity index (χ2v) is 4.46. The van der Waals surface area contributed by atoms with Crippen molar-refractivity contribution in [2.75, 3.05) is 16.9 Å². The van der Waals surface area contributed by atoms with Crippen LogP contribution in [0, 0.1) is 5.92 Å². The lowest BCUT2D eigenvalue weighted by molar-refractivity contribution is 0.636. The van der Waals surface area contributed by atoms with Crippen LogP contribution < -0.4 is 17.0 Å². The highest BCUT2D eigenvalue weighted by molar-refractivity contribution is 7.99. The van der Waals surface area contributed by atoms with E-state index < -0.39 is 0 Å². The average Bonchev–Trinajstić information content (AvgIpc) is 2.25. The summed E-state index contributed by atoms with van der Waals surface area (Å²) >= 11 is 1.67. The minimum atomic E-state index is 0.247. The fraction of sp³-hybridized carbons (Fsp3) is 0.556. The molecule has 5 nitrogen and oxygen atoms in total. The van der Waals surface area contributed by atoms with Gasteiger partial charge in [0.15, 0.2) is 0 Å². The van der Waals surface area contributed by atoms with Gasteiger partial charge in [0.1, 0.15) is 10.8 Å². The number of anilines is 2. The van der Waals surface area contributed by atoms with Gasteiger partial charge in [-0.1, -0.05) is 20.3 Å². The molecule has 6 heteroatoms. The number of hydrogen-bond acceptors (Lipinski definition) is 6. The molecule has 0 aliphatic carbocycles. The van der Waals surface area contributed by atoms with Crippen molar-refractivity contribution < 1.29 is 0 Å². The Labute approximate surface area is 94.0 Å². The summed E-state index contributed by atoms with van der Waals surface area (Å²) in [5.74, 6) is 7.75. The second kappa shape index (κ2) is 5.77. The molecule has 0 bridgehead atoms. The zero-order chi connectivity index (χ0) is 11.3.